The van der Waals surface area contributed by atoms with E-state index in [1.54, 1.807) is 6.20 Å². The van der Waals surface area contributed by atoms with Crippen LogP contribution < -0.4 is 0 Å². The molecule has 0 saturated heterocycles. The molecular weight excluding hydrogens is 334 g/mol. The van der Waals surface area contributed by atoms with Crippen molar-refractivity contribution in [2.45, 2.75) is 20.8 Å². The standard InChI is InChI=1S/C11H11Br2N3/c1-6-7(2)15-16(8(6)3)11-10(13)4-9(12)5-14-11/h4-5H,1-3H3. The highest BCUT2D eigenvalue weighted by Crippen LogP contribution is 2.24. The van der Waals surface area contributed by atoms with Gasteiger partial charge in [-0.1, -0.05) is 0 Å². The zero-order valence-corrected chi connectivity index (χ0v) is 12.4. The van der Waals surface area contributed by atoms with Gasteiger partial charge >= 0.3 is 0 Å². The van der Waals surface area contributed by atoms with Gasteiger partial charge in [0.15, 0.2) is 5.82 Å². The molecule has 0 aromatic carbocycles. The SMILES string of the molecule is Cc1nn(-c2ncc(Br)cc2Br)c(C)c1C. The molecule has 0 N–H and O–H groups in total. The van der Waals surface area contributed by atoms with Crippen molar-refractivity contribution >= 4 is 31.9 Å². The molecule has 3 nitrogen and oxygen atoms in total. The van der Waals surface area contributed by atoms with Gasteiger partial charge in [0.05, 0.1) is 10.2 Å². The zero-order valence-electron chi connectivity index (χ0n) is 9.25. The third-order valence-electron chi connectivity index (χ3n) is 2.64. The fourth-order valence-corrected chi connectivity index (χ4v) is 2.65. The third kappa shape index (κ3) is 1.94. The molecule has 2 rings (SSSR count). The van der Waals surface area contributed by atoms with Crippen molar-refractivity contribution in [2.75, 3.05) is 0 Å². The number of hydrogen-bond donors (Lipinski definition) is 0. The number of hydrogen-bond acceptors (Lipinski definition) is 2. The fraction of sp³-hybridized carbons (Fsp3) is 0.273. The van der Waals surface area contributed by atoms with E-state index >= 15 is 0 Å². The summed E-state index contributed by atoms with van der Waals surface area (Å²) in [6.07, 6.45) is 1.77. The quantitative estimate of drug-likeness (QED) is 0.789. The van der Waals surface area contributed by atoms with E-state index in [9.17, 15) is 0 Å². The third-order valence-corrected chi connectivity index (χ3v) is 3.66. The summed E-state index contributed by atoms with van der Waals surface area (Å²) in [7, 11) is 0. The Morgan fingerprint density at radius 3 is 2.38 bits per heavy atom. The summed E-state index contributed by atoms with van der Waals surface area (Å²) in [5.74, 6) is 0.817. The largest absolute Gasteiger partial charge is 0.235 e. The van der Waals surface area contributed by atoms with Crippen LogP contribution in [0.15, 0.2) is 21.2 Å². The molecular formula is C11H11Br2N3. The molecule has 0 amide bonds. The van der Waals surface area contributed by atoms with Crippen molar-refractivity contribution < 1.29 is 0 Å². The number of pyridine rings is 1. The molecule has 0 aliphatic carbocycles. The molecule has 0 atom stereocenters. The maximum Gasteiger partial charge on any atom is 0.167 e. The monoisotopic (exact) mass is 343 g/mol. The van der Waals surface area contributed by atoms with E-state index in [1.807, 2.05) is 24.6 Å². The van der Waals surface area contributed by atoms with E-state index in [1.165, 1.54) is 5.56 Å². The second-order valence-electron chi connectivity index (χ2n) is 3.67. The van der Waals surface area contributed by atoms with Crippen LogP contribution in [0.3, 0.4) is 0 Å². The summed E-state index contributed by atoms with van der Waals surface area (Å²) in [6.45, 7) is 6.12. The van der Waals surface area contributed by atoms with Crippen LogP contribution in [0.1, 0.15) is 17.0 Å². The molecule has 84 valence electrons. The van der Waals surface area contributed by atoms with Crippen molar-refractivity contribution in [3.8, 4) is 5.82 Å². The molecule has 0 bridgehead atoms. The lowest BCUT2D eigenvalue weighted by Gasteiger charge is -2.06. The maximum absolute atomic E-state index is 4.48. The van der Waals surface area contributed by atoms with Crippen LogP contribution in [0.2, 0.25) is 0 Å². The molecule has 0 radical (unpaired) electrons. The Kier molecular flexibility index (Phi) is 3.17. The lowest BCUT2D eigenvalue weighted by atomic mass is 10.2. The van der Waals surface area contributed by atoms with E-state index in [2.05, 4.69) is 48.9 Å². The summed E-state index contributed by atoms with van der Waals surface area (Å²) in [6, 6.07) is 1.97. The number of aromatic nitrogens is 3. The first-order chi connectivity index (χ1) is 7.50. The average molecular weight is 345 g/mol. The predicted molar refractivity (Wildman–Crippen MR) is 71.0 cm³/mol. The molecule has 0 spiro atoms. The van der Waals surface area contributed by atoms with Crippen LogP contribution >= 0.6 is 31.9 Å². The van der Waals surface area contributed by atoms with Crippen molar-refractivity contribution in [1.29, 1.82) is 0 Å². The predicted octanol–water partition coefficient (Wildman–Crippen LogP) is 3.72. The summed E-state index contributed by atoms with van der Waals surface area (Å²) in [5, 5.41) is 4.48. The molecule has 2 aromatic rings. The molecule has 0 fully saturated rings. The zero-order chi connectivity index (χ0) is 11.9. The van der Waals surface area contributed by atoms with E-state index in [0.717, 1.165) is 26.2 Å². The average Bonchev–Trinajstić information content (AvgIpc) is 2.46. The first-order valence-corrected chi connectivity index (χ1v) is 6.43. The molecule has 0 saturated carbocycles. The lowest BCUT2D eigenvalue weighted by molar-refractivity contribution is 0.800. The summed E-state index contributed by atoms with van der Waals surface area (Å²) < 4.78 is 3.73. The minimum absolute atomic E-state index is 0.817. The molecule has 2 heterocycles. The van der Waals surface area contributed by atoms with Gasteiger partial charge in [-0.25, -0.2) is 9.67 Å². The van der Waals surface area contributed by atoms with Gasteiger partial charge in [-0.2, -0.15) is 5.10 Å². The minimum Gasteiger partial charge on any atom is -0.235 e. The molecule has 2 aromatic heterocycles. The molecule has 0 unspecified atom stereocenters. The van der Waals surface area contributed by atoms with E-state index in [0.29, 0.717) is 0 Å². The van der Waals surface area contributed by atoms with Gasteiger partial charge in [0, 0.05) is 16.4 Å². The summed E-state index contributed by atoms with van der Waals surface area (Å²) in [4.78, 5) is 4.37. The van der Waals surface area contributed by atoms with Crippen LogP contribution in [0.25, 0.3) is 5.82 Å². The Hall–Kier alpha value is -0.680. The van der Waals surface area contributed by atoms with Gasteiger partial charge in [-0.05, 0) is 64.3 Å². The van der Waals surface area contributed by atoms with Crippen LogP contribution in [-0.4, -0.2) is 14.8 Å². The smallest absolute Gasteiger partial charge is 0.167 e. The first-order valence-electron chi connectivity index (χ1n) is 4.85. The Balaban J connectivity index is 2.63. The van der Waals surface area contributed by atoms with Gasteiger partial charge in [-0.3, -0.25) is 0 Å². The second-order valence-corrected chi connectivity index (χ2v) is 5.44. The van der Waals surface area contributed by atoms with Crippen LogP contribution in [-0.2, 0) is 0 Å². The topological polar surface area (TPSA) is 30.7 Å². The van der Waals surface area contributed by atoms with Crippen molar-refractivity contribution in [3.05, 3.63) is 38.2 Å². The highest BCUT2D eigenvalue weighted by atomic mass is 79.9. The first kappa shape index (κ1) is 11.8. The maximum atomic E-state index is 4.48. The lowest BCUT2D eigenvalue weighted by Crippen LogP contribution is -2.03. The number of halogens is 2. The van der Waals surface area contributed by atoms with Crippen LogP contribution in [0.5, 0.6) is 0 Å². The van der Waals surface area contributed by atoms with Crippen molar-refractivity contribution in [3.63, 3.8) is 0 Å². The van der Waals surface area contributed by atoms with Crippen LogP contribution in [0, 0.1) is 20.8 Å². The van der Waals surface area contributed by atoms with Crippen LogP contribution in [0.4, 0.5) is 0 Å². The normalized spacial score (nSPS) is 10.8. The Morgan fingerprint density at radius 2 is 1.88 bits per heavy atom. The van der Waals surface area contributed by atoms with Crippen molar-refractivity contribution in [2.24, 2.45) is 0 Å². The van der Waals surface area contributed by atoms with Gasteiger partial charge in [0.25, 0.3) is 0 Å². The van der Waals surface area contributed by atoms with E-state index in [4.69, 9.17) is 0 Å². The molecule has 5 heteroatoms. The molecule has 0 aliphatic heterocycles. The van der Waals surface area contributed by atoms with Gasteiger partial charge in [0.1, 0.15) is 0 Å². The highest BCUT2D eigenvalue weighted by Gasteiger charge is 2.12. The number of nitrogens with zero attached hydrogens (tertiary/aromatic N) is 3. The van der Waals surface area contributed by atoms with Gasteiger partial charge in [-0.15, -0.1) is 0 Å². The highest BCUT2D eigenvalue weighted by molar-refractivity contribution is 9.11. The van der Waals surface area contributed by atoms with Gasteiger partial charge < -0.3 is 0 Å². The van der Waals surface area contributed by atoms with E-state index in [-0.39, 0.29) is 0 Å². The van der Waals surface area contributed by atoms with Crippen molar-refractivity contribution in [1.82, 2.24) is 14.8 Å². The number of aryl methyl sites for hydroxylation is 1. The molecule has 0 aliphatic rings. The Labute approximate surface area is 111 Å². The number of rotatable bonds is 1. The summed E-state index contributed by atoms with van der Waals surface area (Å²) in [5.41, 5.74) is 3.36. The van der Waals surface area contributed by atoms with E-state index < -0.39 is 0 Å². The Bertz CT molecular complexity index is 546. The molecule has 16 heavy (non-hydrogen) atoms. The minimum atomic E-state index is 0.817. The summed E-state index contributed by atoms with van der Waals surface area (Å²) >= 11 is 6.88. The fourth-order valence-electron chi connectivity index (χ4n) is 1.49. The van der Waals surface area contributed by atoms with Gasteiger partial charge in [0.2, 0.25) is 0 Å². The Morgan fingerprint density at radius 1 is 1.19 bits per heavy atom. The second kappa shape index (κ2) is 4.30.